The average Bonchev–Trinajstić information content (AvgIpc) is 2.68. The van der Waals surface area contributed by atoms with Gasteiger partial charge in [0.25, 0.3) is 0 Å². The van der Waals surface area contributed by atoms with Gasteiger partial charge in [0, 0.05) is 24.7 Å². The van der Waals surface area contributed by atoms with Crippen molar-refractivity contribution in [3.8, 4) is 0 Å². The predicted octanol–water partition coefficient (Wildman–Crippen LogP) is 4.40. The zero-order valence-corrected chi connectivity index (χ0v) is 16.7. The zero-order valence-electron chi connectivity index (χ0n) is 15.1. The molecule has 5 nitrogen and oxygen atoms in total. The van der Waals surface area contributed by atoms with Crippen LogP contribution in [0.4, 0.5) is 18.9 Å². The van der Waals surface area contributed by atoms with Crippen LogP contribution in [-0.2, 0) is 21.0 Å². The molecule has 0 unspecified atom stereocenters. The molecule has 0 bridgehead atoms. The van der Waals surface area contributed by atoms with Gasteiger partial charge in [-0.25, -0.2) is 8.42 Å². The lowest BCUT2D eigenvalue weighted by Gasteiger charge is -2.31. The monoisotopic (exact) mass is 446 g/mol. The number of sulfonamides is 1. The number of benzene rings is 2. The molecule has 156 valence electrons. The number of hydrogen-bond donors (Lipinski definition) is 1. The molecule has 2 aromatic rings. The summed E-state index contributed by atoms with van der Waals surface area (Å²) in [6, 6.07) is 11.1. The van der Waals surface area contributed by atoms with Gasteiger partial charge in [0.15, 0.2) is 0 Å². The standard InChI is InChI=1S/C19H18ClF3N2O3S/c20-16-7-6-14(19(21,22)23)12-17(16)29(27,28)25-10-8-13(9-11-25)18(26)24-15-4-2-1-3-5-15/h1-7,12-13H,8-11H2,(H,24,26). The van der Waals surface area contributed by atoms with Crippen molar-refractivity contribution >= 4 is 33.2 Å². The Morgan fingerprint density at radius 2 is 1.69 bits per heavy atom. The van der Waals surface area contributed by atoms with Crippen molar-refractivity contribution in [2.45, 2.75) is 23.9 Å². The van der Waals surface area contributed by atoms with Gasteiger partial charge in [0.1, 0.15) is 4.90 Å². The molecule has 1 aliphatic heterocycles. The first-order chi connectivity index (χ1) is 13.6. The zero-order chi connectivity index (χ0) is 21.2. The Balaban J connectivity index is 1.71. The largest absolute Gasteiger partial charge is 0.416 e. The van der Waals surface area contributed by atoms with Crippen LogP contribution in [0.5, 0.6) is 0 Å². The van der Waals surface area contributed by atoms with Gasteiger partial charge in [-0.3, -0.25) is 4.79 Å². The normalized spacial score (nSPS) is 16.6. The number of nitrogens with one attached hydrogen (secondary N) is 1. The summed E-state index contributed by atoms with van der Waals surface area (Å²) in [7, 11) is -4.21. The van der Waals surface area contributed by atoms with Crippen LogP contribution >= 0.6 is 11.6 Å². The number of rotatable bonds is 4. The minimum atomic E-state index is -4.68. The molecule has 1 fully saturated rings. The summed E-state index contributed by atoms with van der Waals surface area (Å²) >= 11 is 5.88. The number of amides is 1. The lowest BCUT2D eigenvalue weighted by atomic mass is 9.97. The van der Waals surface area contributed by atoms with Crippen LogP contribution in [0.3, 0.4) is 0 Å². The van der Waals surface area contributed by atoms with Gasteiger partial charge in [-0.15, -0.1) is 0 Å². The molecule has 29 heavy (non-hydrogen) atoms. The van der Waals surface area contributed by atoms with E-state index in [1.165, 1.54) is 0 Å². The third kappa shape index (κ3) is 4.91. The van der Waals surface area contributed by atoms with Crippen LogP contribution in [0.1, 0.15) is 18.4 Å². The first-order valence-electron chi connectivity index (χ1n) is 8.82. The Bertz CT molecular complexity index is 990. The summed E-state index contributed by atoms with van der Waals surface area (Å²) in [4.78, 5) is 11.8. The SMILES string of the molecule is O=C(Nc1ccccc1)C1CCN(S(=O)(=O)c2cc(C(F)(F)F)ccc2Cl)CC1. The van der Waals surface area contributed by atoms with E-state index in [1.807, 2.05) is 6.07 Å². The molecule has 3 rings (SSSR count). The summed E-state index contributed by atoms with van der Waals surface area (Å²) in [5.74, 6) is -0.607. The van der Waals surface area contributed by atoms with Crippen molar-refractivity contribution in [1.82, 2.24) is 4.31 Å². The number of carbonyl (C=O) groups excluding carboxylic acids is 1. The molecule has 0 aliphatic carbocycles. The van der Waals surface area contributed by atoms with Crippen LogP contribution in [-0.4, -0.2) is 31.7 Å². The second kappa shape index (κ2) is 8.33. The highest BCUT2D eigenvalue weighted by Gasteiger charge is 2.36. The van der Waals surface area contributed by atoms with Gasteiger partial charge in [-0.05, 0) is 43.2 Å². The lowest BCUT2D eigenvalue weighted by molar-refractivity contribution is -0.137. The minimum Gasteiger partial charge on any atom is -0.326 e. The predicted molar refractivity (Wildman–Crippen MR) is 103 cm³/mol. The van der Waals surface area contributed by atoms with Gasteiger partial charge in [-0.2, -0.15) is 17.5 Å². The topological polar surface area (TPSA) is 66.5 Å². The number of hydrogen-bond acceptors (Lipinski definition) is 3. The highest BCUT2D eigenvalue weighted by molar-refractivity contribution is 7.89. The van der Waals surface area contributed by atoms with E-state index in [0.717, 1.165) is 16.4 Å². The van der Waals surface area contributed by atoms with Crippen LogP contribution in [0.2, 0.25) is 5.02 Å². The smallest absolute Gasteiger partial charge is 0.326 e. The molecule has 1 N–H and O–H groups in total. The van der Waals surface area contributed by atoms with E-state index in [0.29, 0.717) is 11.8 Å². The van der Waals surface area contributed by atoms with Crippen molar-refractivity contribution in [2.75, 3.05) is 18.4 Å². The Hall–Kier alpha value is -2.10. The molecule has 1 aliphatic rings. The number of alkyl halides is 3. The van der Waals surface area contributed by atoms with Gasteiger partial charge < -0.3 is 5.32 Å². The number of piperidine rings is 1. The molecule has 0 aromatic heterocycles. The summed E-state index contributed by atoms with van der Waals surface area (Å²) < 4.78 is 65.6. The number of anilines is 1. The molecular formula is C19H18ClF3N2O3S. The molecular weight excluding hydrogens is 429 g/mol. The Morgan fingerprint density at radius 1 is 1.07 bits per heavy atom. The maximum Gasteiger partial charge on any atom is 0.416 e. The molecule has 0 atom stereocenters. The van der Waals surface area contributed by atoms with Crippen molar-refractivity contribution in [3.63, 3.8) is 0 Å². The average molecular weight is 447 g/mol. The van der Waals surface area contributed by atoms with E-state index in [-0.39, 0.29) is 36.9 Å². The third-order valence-electron chi connectivity index (χ3n) is 4.74. The van der Waals surface area contributed by atoms with Gasteiger partial charge in [0.2, 0.25) is 15.9 Å². The quantitative estimate of drug-likeness (QED) is 0.757. The van der Waals surface area contributed by atoms with Crippen molar-refractivity contribution in [1.29, 1.82) is 0 Å². The van der Waals surface area contributed by atoms with E-state index < -0.39 is 32.6 Å². The van der Waals surface area contributed by atoms with Crippen molar-refractivity contribution in [2.24, 2.45) is 5.92 Å². The fourth-order valence-corrected chi connectivity index (χ4v) is 5.11. The second-order valence-corrected chi connectivity index (χ2v) is 8.99. The number of carbonyl (C=O) groups is 1. The molecule has 0 radical (unpaired) electrons. The molecule has 1 amide bonds. The van der Waals surface area contributed by atoms with Crippen LogP contribution in [0, 0.1) is 5.92 Å². The molecule has 0 saturated carbocycles. The second-order valence-electron chi connectivity index (χ2n) is 6.68. The highest BCUT2D eigenvalue weighted by Crippen LogP contribution is 2.35. The highest BCUT2D eigenvalue weighted by atomic mass is 35.5. The van der Waals surface area contributed by atoms with Crippen molar-refractivity contribution < 1.29 is 26.4 Å². The van der Waals surface area contributed by atoms with Gasteiger partial charge in [-0.1, -0.05) is 29.8 Å². The summed E-state index contributed by atoms with van der Waals surface area (Å²) in [5.41, 5.74) is -0.444. The van der Waals surface area contributed by atoms with E-state index in [1.54, 1.807) is 24.3 Å². The number of nitrogens with zero attached hydrogens (tertiary/aromatic N) is 1. The van der Waals surface area contributed by atoms with Crippen molar-refractivity contribution in [3.05, 3.63) is 59.1 Å². The molecule has 1 heterocycles. The fraction of sp³-hybridized carbons (Fsp3) is 0.316. The van der Waals surface area contributed by atoms with Gasteiger partial charge >= 0.3 is 6.18 Å². The van der Waals surface area contributed by atoms with E-state index in [9.17, 15) is 26.4 Å². The van der Waals surface area contributed by atoms with Crippen LogP contribution in [0.15, 0.2) is 53.4 Å². The van der Waals surface area contributed by atoms with E-state index in [4.69, 9.17) is 11.6 Å². The molecule has 1 saturated heterocycles. The molecule has 10 heteroatoms. The van der Waals surface area contributed by atoms with Crippen LogP contribution < -0.4 is 5.32 Å². The fourth-order valence-electron chi connectivity index (χ4n) is 3.14. The maximum atomic E-state index is 13.0. The summed E-state index contributed by atoms with van der Waals surface area (Å²) in [5, 5.41) is 2.50. The van der Waals surface area contributed by atoms with E-state index >= 15 is 0 Å². The molecule has 0 spiro atoms. The van der Waals surface area contributed by atoms with Crippen LogP contribution in [0.25, 0.3) is 0 Å². The summed E-state index contributed by atoms with van der Waals surface area (Å²) in [6.07, 6.45) is -4.17. The van der Waals surface area contributed by atoms with E-state index in [2.05, 4.69) is 5.32 Å². The number of halogens is 4. The summed E-state index contributed by atoms with van der Waals surface area (Å²) in [6.45, 7) is 0.0313. The minimum absolute atomic E-state index is 0.0157. The first-order valence-corrected chi connectivity index (χ1v) is 10.6. The lowest BCUT2D eigenvalue weighted by Crippen LogP contribution is -2.41. The Labute approximate surface area is 171 Å². The Morgan fingerprint density at radius 3 is 2.28 bits per heavy atom. The molecule has 2 aromatic carbocycles. The maximum absolute atomic E-state index is 13.0. The number of para-hydroxylation sites is 1. The first kappa shape index (κ1) is 21.6. The van der Waals surface area contributed by atoms with Gasteiger partial charge in [0.05, 0.1) is 10.6 Å². The third-order valence-corrected chi connectivity index (χ3v) is 7.12. The Kier molecular flexibility index (Phi) is 6.21.